The van der Waals surface area contributed by atoms with Crippen molar-refractivity contribution in [1.82, 2.24) is 4.98 Å². The highest BCUT2D eigenvalue weighted by Gasteiger charge is 2.15. The van der Waals surface area contributed by atoms with Gasteiger partial charge in [0.2, 0.25) is 10.0 Å². The minimum atomic E-state index is -3.84. The minimum absolute atomic E-state index is 0. The predicted octanol–water partition coefficient (Wildman–Crippen LogP) is -2.17. The van der Waals surface area contributed by atoms with Gasteiger partial charge in [-0.1, -0.05) is 0 Å². The molecule has 0 fully saturated rings. The third-order valence-corrected chi connectivity index (χ3v) is 2.24. The Kier molecular flexibility index (Phi) is 4.49. The molecule has 0 aliphatic carbocycles. The molecule has 0 aromatic carbocycles. The second-order valence-electron chi connectivity index (χ2n) is 2.37. The average Bonchev–Trinajstić information content (AvgIpc) is 2.03. The van der Waals surface area contributed by atoms with E-state index in [0.717, 1.165) is 18.5 Å². The zero-order chi connectivity index (χ0) is 10.1. The van der Waals surface area contributed by atoms with Crippen molar-refractivity contribution >= 4 is 35.0 Å². The Morgan fingerprint density at radius 2 is 1.93 bits per heavy atom. The van der Waals surface area contributed by atoms with Crippen molar-refractivity contribution < 1.29 is 18.5 Å². The first-order valence-electron chi connectivity index (χ1n) is 3.25. The summed E-state index contributed by atoms with van der Waals surface area (Å²) in [5, 5.41) is 22.2. The van der Waals surface area contributed by atoms with Gasteiger partial charge in [0.15, 0.2) is 0 Å². The number of halogens is 1. The molecule has 0 spiro atoms. The van der Waals surface area contributed by atoms with Gasteiger partial charge in [-0.15, -0.1) is 12.4 Å². The van der Waals surface area contributed by atoms with E-state index < -0.39 is 17.1 Å². The van der Waals surface area contributed by atoms with Crippen molar-refractivity contribution in [3.63, 3.8) is 0 Å². The summed E-state index contributed by atoms with van der Waals surface area (Å²) < 4.78 is 21.6. The molecule has 14 heavy (non-hydrogen) atoms. The Balaban J connectivity index is 0.00000169. The van der Waals surface area contributed by atoms with Gasteiger partial charge in [0.25, 0.3) is 0 Å². The maximum absolute atomic E-state index is 10.8. The van der Waals surface area contributed by atoms with E-state index in [-0.39, 0.29) is 22.8 Å². The van der Waals surface area contributed by atoms with Crippen LogP contribution < -0.4 is 10.6 Å². The first-order valence-corrected chi connectivity index (χ1v) is 4.80. The van der Waals surface area contributed by atoms with Gasteiger partial charge in [-0.25, -0.2) is 13.6 Å². The number of hydrogen-bond donors (Lipinski definition) is 3. The Labute approximate surface area is 87.4 Å². The van der Waals surface area contributed by atoms with E-state index in [2.05, 4.69) is 4.98 Å². The number of sulfonamides is 1. The van der Waals surface area contributed by atoms with E-state index in [1.165, 1.54) is 0 Å². The first-order chi connectivity index (χ1) is 5.91. The summed E-state index contributed by atoms with van der Waals surface area (Å²) in [5.41, 5.74) is -0.0217. The highest BCUT2D eigenvalue weighted by atomic mass is 35.5. The second-order valence-corrected chi connectivity index (χ2v) is 3.93. The van der Waals surface area contributed by atoms with Crippen molar-refractivity contribution in [3.8, 4) is 0 Å². The fourth-order valence-corrected chi connectivity index (χ4v) is 1.24. The number of pyridine rings is 1. The number of nitrogens with two attached hydrogens (primary N) is 1. The van der Waals surface area contributed by atoms with Crippen LogP contribution in [0.25, 0.3) is 0 Å². The maximum Gasteiger partial charge on any atom is 0.490 e. The molecule has 0 saturated heterocycles. The molecule has 1 aromatic rings. The SMILES string of the molecule is Cl.NS(=O)(=O)c1cncc(B(O)O)c1. The highest BCUT2D eigenvalue weighted by molar-refractivity contribution is 7.89. The Bertz CT molecular complexity index is 410. The summed E-state index contributed by atoms with van der Waals surface area (Å²) in [5.74, 6) is 0. The molecule has 1 rings (SSSR count). The molecule has 0 aliphatic rings. The van der Waals surface area contributed by atoms with E-state index >= 15 is 0 Å². The van der Waals surface area contributed by atoms with Crippen LogP contribution >= 0.6 is 12.4 Å². The van der Waals surface area contributed by atoms with Gasteiger partial charge in [0, 0.05) is 17.9 Å². The van der Waals surface area contributed by atoms with E-state index in [4.69, 9.17) is 15.2 Å². The lowest BCUT2D eigenvalue weighted by molar-refractivity contribution is 0.425. The molecule has 0 bridgehead atoms. The van der Waals surface area contributed by atoms with Crippen molar-refractivity contribution in [3.05, 3.63) is 18.5 Å². The molecule has 1 heterocycles. The Morgan fingerprint density at radius 1 is 1.36 bits per heavy atom. The zero-order valence-electron chi connectivity index (χ0n) is 6.86. The van der Waals surface area contributed by atoms with Crippen molar-refractivity contribution in [1.29, 1.82) is 0 Å². The summed E-state index contributed by atoms with van der Waals surface area (Å²) >= 11 is 0. The molecule has 0 saturated carbocycles. The van der Waals surface area contributed by atoms with Crippen LogP contribution in [0.4, 0.5) is 0 Å². The molecule has 4 N–H and O–H groups in total. The smallest absolute Gasteiger partial charge is 0.423 e. The molecule has 6 nitrogen and oxygen atoms in total. The normalized spacial score (nSPS) is 10.5. The molecular weight excluding hydrogens is 230 g/mol. The van der Waals surface area contributed by atoms with Crippen LogP contribution in [0.15, 0.2) is 23.4 Å². The monoisotopic (exact) mass is 238 g/mol. The van der Waals surface area contributed by atoms with Crippen LogP contribution in [0.3, 0.4) is 0 Å². The molecule has 0 atom stereocenters. The molecule has 0 unspecified atom stereocenters. The van der Waals surface area contributed by atoms with E-state index in [1.54, 1.807) is 0 Å². The molecule has 0 aliphatic heterocycles. The number of aromatic nitrogens is 1. The van der Waals surface area contributed by atoms with Gasteiger partial charge in [-0.05, 0) is 6.07 Å². The predicted molar refractivity (Wildman–Crippen MR) is 52.7 cm³/mol. The lowest BCUT2D eigenvalue weighted by Crippen LogP contribution is -2.31. The summed E-state index contributed by atoms with van der Waals surface area (Å²) in [6.45, 7) is 0. The third kappa shape index (κ3) is 3.24. The van der Waals surface area contributed by atoms with Gasteiger partial charge < -0.3 is 10.0 Å². The lowest BCUT2D eigenvalue weighted by atomic mass is 9.82. The summed E-state index contributed by atoms with van der Waals surface area (Å²) in [4.78, 5) is 3.24. The van der Waals surface area contributed by atoms with Crippen LogP contribution in [0.1, 0.15) is 0 Å². The highest BCUT2D eigenvalue weighted by Crippen LogP contribution is 2.00. The van der Waals surface area contributed by atoms with Crippen LogP contribution in [-0.2, 0) is 10.0 Å². The van der Waals surface area contributed by atoms with Crippen LogP contribution in [0.5, 0.6) is 0 Å². The van der Waals surface area contributed by atoms with Crippen LogP contribution in [0.2, 0.25) is 0 Å². The number of nitrogens with zero attached hydrogens (tertiary/aromatic N) is 1. The third-order valence-electron chi connectivity index (χ3n) is 1.36. The van der Waals surface area contributed by atoms with Crippen molar-refractivity contribution in [2.45, 2.75) is 4.90 Å². The average molecular weight is 238 g/mol. The topological polar surface area (TPSA) is 114 Å². The van der Waals surface area contributed by atoms with Gasteiger partial charge in [0.05, 0.1) is 4.90 Å². The molecular formula is C5H8BClN2O4S. The molecule has 9 heteroatoms. The summed E-state index contributed by atoms with van der Waals surface area (Å²) in [6, 6.07) is 1.05. The summed E-state index contributed by atoms with van der Waals surface area (Å²) in [7, 11) is -5.60. The summed E-state index contributed by atoms with van der Waals surface area (Å²) in [6.07, 6.45) is 2.17. The standard InChI is InChI=1S/C5H7BN2O4S.ClH/c7-13(11,12)5-1-4(6(9)10)2-8-3-5;/h1-3,9-10H,(H2,7,11,12);1H. The quantitative estimate of drug-likeness (QED) is 0.508. The van der Waals surface area contributed by atoms with Gasteiger partial charge >= 0.3 is 7.12 Å². The van der Waals surface area contributed by atoms with Gasteiger partial charge in [-0.3, -0.25) is 4.98 Å². The number of hydrogen-bond acceptors (Lipinski definition) is 5. The molecule has 0 amide bonds. The fourth-order valence-electron chi connectivity index (χ4n) is 0.732. The van der Waals surface area contributed by atoms with E-state index in [0.29, 0.717) is 0 Å². The van der Waals surface area contributed by atoms with Crippen LogP contribution in [0, 0.1) is 0 Å². The Morgan fingerprint density at radius 3 is 2.36 bits per heavy atom. The van der Waals surface area contributed by atoms with Crippen molar-refractivity contribution in [2.75, 3.05) is 0 Å². The van der Waals surface area contributed by atoms with Crippen LogP contribution in [-0.4, -0.2) is 30.6 Å². The lowest BCUT2D eigenvalue weighted by Gasteiger charge is -2.00. The molecule has 78 valence electrons. The van der Waals surface area contributed by atoms with Gasteiger partial charge in [0.1, 0.15) is 0 Å². The zero-order valence-corrected chi connectivity index (χ0v) is 8.49. The number of rotatable bonds is 2. The second kappa shape index (κ2) is 4.71. The Hall–Kier alpha value is -0.665. The van der Waals surface area contributed by atoms with Gasteiger partial charge in [-0.2, -0.15) is 0 Å². The van der Waals surface area contributed by atoms with E-state index in [9.17, 15) is 8.42 Å². The number of primary sulfonamides is 1. The maximum atomic E-state index is 10.8. The molecule has 1 aromatic heterocycles. The first kappa shape index (κ1) is 13.3. The van der Waals surface area contributed by atoms with E-state index in [1.807, 2.05) is 0 Å². The minimum Gasteiger partial charge on any atom is -0.423 e. The fraction of sp³-hybridized carbons (Fsp3) is 0. The largest absolute Gasteiger partial charge is 0.490 e. The molecule has 0 radical (unpaired) electrons. The van der Waals surface area contributed by atoms with Crippen molar-refractivity contribution in [2.24, 2.45) is 5.14 Å².